The summed E-state index contributed by atoms with van der Waals surface area (Å²) in [7, 11) is -1.84. The molecule has 1 heterocycles. The second-order valence-electron chi connectivity index (χ2n) is 7.37. The zero-order chi connectivity index (χ0) is 18.5. The Hall–Kier alpha value is -1.47. The zero-order valence-electron chi connectivity index (χ0n) is 16.4. The van der Waals surface area contributed by atoms with E-state index in [1.165, 1.54) is 28.8 Å². The van der Waals surface area contributed by atoms with E-state index >= 15 is 0 Å². The first kappa shape index (κ1) is 21.2. The van der Waals surface area contributed by atoms with Gasteiger partial charge in [-0.3, -0.25) is 0 Å². The molecule has 3 aromatic rings. The molecule has 0 aromatic heterocycles. The van der Waals surface area contributed by atoms with Crippen LogP contribution in [0.15, 0.2) is 91.0 Å². The second-order valence-corrected chi connectivity index (χ2v) is 11.2. The highest BCUT2D eigenvalue weighted by atomic mass is 79.9. The predicted octanol–water partition coefficient (Wildman–Crippen LogP) is 1.94. The fourth-order valence-corrected chi connectivity index (χ4v) is 9.50. The van der Waals surface area contributed by atoms with Crippen molar-refractivity contribution in [2.45, 2.75) is 37.9 Å². The first-order valence-electron chi connectivity index (χ1n) is 10.0. The van der Waals surface area contributed by atoms with E-state index in [4.69, 9.17) is 4.74 Å². The van der Waals surface area contributed by atoms with Gasteiger partial charge in [-0.05, 0) is 62.6 Å². The van der Waals surface area contributed by atoms with E-state index in [-0.39, 0.29) is 17.0 Å². The van der Waals surface area contributed by atoms with Crippen LogP contribution in [0.1, 0.15) is 26.2 Å². The molecule has 4 rings (SSSR count). The van der Waals surface area contributed by atoms with E-state index in [1.807, 2.05) is 0 Å². The Kier molecular flexibility index (Phi) is 7.46. The van der Waals surface area contributed by atoms with Crippen molar-refractivity contribution in [2.24, 2.45) is 0 Å². The molecular weight excluding hydrogens is 427 g/mol. The average molecular weight is 455 g/mol. The molecule has 1 aliphatic heterocycles. The highest BCUT2D eigenvalue weighted by Crippen LogP contribution is 2.61. The summed E-state index contributed by atoms with van der Waals surface area (Å²) in [5, 5.41) is 4.34. The van der Waals surface area contributed by atoms with Crippen molar-refractivity contribution >= 4 is 23.2 Å². The molecule has 2 unspecified atom stereocenters. The molecule has 3 heteroatoms. The van der Waals surface area contributed by atoms with Crippen molar-refractivity contribution in [3.63, 3.8) is 0 Å². The van der Waals surface area contributed by atoms with Gasteiger partial charge in [0.25, 0.3) is 0 Å². The molecule has 1 saturated heterocycles. The van der Waals surface area contributed by atoms with Crippen LogP contribution in [-0.2, 0) is 4.74 Å². The van der Waals surface area contributed by atoms with Gasteiger partial charge < -0.3 is 21.7 Å². The van der Waals surface area contributed by atoms with Crippen LogP contribution >= 0.6 is 7.26 Å². The molecule has 0 bridgehead atoms. The van der Waals surface area contributed by atoms with Gasteiger partial charge in [0.05, 0.1) is 6.10 Å². The summed E-state index contributed by atoms with van der Waals surface area (Å²) in [4.78, 5) is 0. The van der Waals surface area contributed by atoms with E-state index in [2.05, 4.69) is 97.9 Å². The molecule has 1 fully saturated rings. The van der Waals surface area contributed by atoms with Crippen LogP contribution in [0.25, 0.3) is 0 Å². The van der Waals surface area contributed by atoms with Crippen molar-refractivity contribution in [3.05, 3.63) is 91.0 Å². The van der Waals surface area contributed by atoms with Gasteiger partial charge in [0.15, 0.2) is 0 Å². The Morgan fingerprint density at radius 3 is 1.50 bits per heavy atom. The number of ether oxygens (including phenoxy) is 1. The highest BCUT2D eigenvalue weighted by Gasteiger charge is 2.53. The van der Waals surface area contributed by atoms with Gasteiger partial charge in [0.2, 0.25) is 0 Å². The van der Waals surface area contributed by atoms with Crippen molar-refractivity contribution in [2.75, 3.05) is 6.61 Å². The van der Waals surface area contributed by atoms with Crippen molar-refractivity contribution in [1.82, 2.24) is 0 Å². The fraction of sp³-hybridized carbons (Fsp3) is 0.280. The quantitative estimate of drug-likeness (QED) is 0.535. The van der Waals surface area contributed by atoms with Gasteiger partial charge in [-0.15, -0.1) is 0 Å². The lowest BCUT2D eigenvalue weighted by molar-refractivity contribution is -0.0000116. The minimum absolute atomic E-state index is 0. The maximum Gasteiger partial charge on any atom is 0.117 e. The minimum atomic E-state index is -1.84. The standard InChI is InChI=1S/C25H28OP.BrH/c1-21(25-19-11-12-20-26-25)27(22-13-5-2-6-14-22,23-15-7-3-8-16-23)24-17-9-4-10-18-24;/h2-10,13-18,21,25H,11-12,19-20H2,1H3;1H/q+1;/p-1. The molecule has 28 heavy (non-hydrogen) atoms. The molecule has 0 N–H and O–H groups in total. The predicted molar refractivity (Wildman–Crippen MR) is 118 cm³/mol. The molecule has 0 radical (unpaired) electrons. The largest absolute Gasteiger partial charge is 1.00 e. The van der Waals surface area contributed by atoms with Gasteiger partial charge >= 0.3 is 0 Å². The molecule has 0 aliphatic carbocycles. The Morgan fingerprint density at radius 1 is 0.714 bits per heavy atom. The summed E-state index contributed by atoms with van der Waals surface area (Å²) in [6.07, 6.45) is 3.94. The van der Waals surface area contributed by atoms with Crippen LogP contribution in [0.2, 0.25) is 0 Å². The Labute approximate surface area is 180 Å². The Bertz CT molecular complexity index is 736. The zero-order valence-corrected chi connectivity index (χ0v) is 18.9. The van der Waals surface area contributed by atoms with Gasteiger partial charge in [0, 0.05) is 6.61 Å². The summed E-state index contributed by atoms with van der Waals surface area (Å²) in [6.45, 7) is 3.32. The third kappa shape index (κ3) is 3.96. The molecule has 0 spiro atoms. The minimum Gasteiger partial charge on any atom is -1.00 e. The highest BCUT2D eigenvalue weighted by molar-refractivity contribution is 7.96. The molecule has 0 saturated carbocycles. The first-order chi connectivity index (χ1) is 13.3. The lowest BCUT2D eigenvalue weighted by Gasteiger charge is -2.38. The average Bonchev–Trinajstić information content (AvgIpc) is 2.77. The summed E-state index contributed by atoms with van der Waals surface area (Å²) in [5.41, 5.74) is 0.435. The van der Waals surface area contributed by atoms with Gasteiger partial charge in [-0.25, -0.2) is 0 Å². The molecular formula is C25H28BrOP. The van der Waals surface area contributed by atoms with Crippen LogP contribution < -0.4 is 32.9 Å². The number of halogens is 1. The van der Waals surface area contributed by atoms with Crippen LogP contribution in [0, 0.1) is 0 Å². The van der Waals surface area contributed by atoms with Crippen molar-refractivity contribution in [3.8, 4) is 0 Å². The van der Waals surface area contributed by atoms with Gasteiger partial charge in [-0.2, -0.15) is 0 Å². The lowest BCUT2D eigenvalue weighted by Crippen LogP contribution is -3.00. The van der Waals surface area contributed by atoms with Crippen molar-refractivity contribution in [1.29, 1.82) is 0 Å². The Morgan fingerprint density at radius 2 is 1.14 bits per heavy atom. The molecule has 1 nitrogen and oxygen atoms in total. The van der Waals surface area contributed by atoms with E-state index in [1.54, 1.807) is 0 Å². The number of benzene rings is 3. The first-order valence-corrected chi connectivity index (χ1v) is 11.9. The summed E-state index contributed by atoms with van der Waals surface area (Å²) < 4.78 is 6.34. The molecule has 146 valence electrons. The van der Waals surface area contributed by atoms with Gasteiger partial charge in [0.1, 0.15) is 28.8 Å². The normalized spacial score (nSPS) is 18.1. The Balaban J connectivity index is 0.00000225. The number of rotatable bonds is 5. The maximum atomic E-state index is 6.34. The summed E-state index contributed by atoms with van der Waals surface area (Å²) in [5.74, 6) is 0. The maximum absolute atomic E-state index is 6.34. The topological polar surface area (TPSA) is 9.23 Å². The lowest BCUT2D eigenvalue weighted by atomic mass is 10.1. The second kappa shape index (κ2) is 9.83. The van der Waals surface area contributed by atoms with Crippen LogP contribution in [-0.4, -0.2) is 18.4 Å². The van der Waals surface area contributed by atoms with Gasteiger partial charge in [-0.1, -0.05) is 54.6 Å². The van der Waals surface area contributed by atoms with E-state index < -0.39 is 7.26 Å². The molecule has 1 aliphatic rings. The summed E-state index contributed by atoms with van der Waals surface area (Å²) in [6, 6.07) is 33.4. The monoisotopic (exact) mass is 454 g/mol. The summed E-state index contributed by atoms with van der Waals surface area (Å²) >= 11 is 0. The fourth-order valence-electron chi connectivity index (χ4n) is 4.54. The third-order valence-electron chi connectivity index (χ3n) is 5.85. The molecule has 2 atom stereocenters. The molecule has 3 aromatic carbocycles. The SMILES string of the molecule is CC(C1CCCCO1)[P+](c1ccccc1)(c1ccccc1)c1ccccc1.[Br-]. The molecule has 0 amide bonds. The number of hydrogen-bond donors (Lipinski definition) is 0. The van der Waals surface area contributed by atoms with Crippen LogP contribution in [0.5, 0.6) is 0 Å². The van der Waals surface area contributed by atoms with E-state index in [0.717, 1.165) is 13.0 Å². The van der Waals surface area contributed by atoms with Crippen LogP contribution in [0.4, 0.5) is 0 Å². The number of hydrogen-bond acceptors (Lipinski definition) is 1. The van der Waals surface area contributed by atoms with Crippen molar-refractivity contribution < 1.29 is 21.7 Å². The van der Waals surface area contributed by atoms with Crippen LogP contribution in [0.3, 0.4) is 0 Å². The van der Waals surface area contributed by atoms with E-state index in [9.17, 15) is 0 Å². The third-order valence-corrected chi connectivity index (χ3v) is 10.7. The smallest absolute Gasteiger partial charge is 0.117 e. The van der Waals surface area contributed by atoms with E-state index in [0.29, 0.717) is 11.8 Å².